The first-order valence-corrected chi connectivity index (χ1v) is 13.2. The second-order valence-electron chi connectivity index (χ2n) is 10.1. The van der Waals surface area contributed by atoms with Gasteiger partial charge in [0.2, 0.25) is 0 Å². The van der Waals surface area contributed by atoms with Crippen LogP contribution in [0.3, 0.4) is 0 Å². The Labute approximate surface area is 222 Å². The zero-order valence-electron chi connectivity index (χ0n) is 20.8. The Kier molecular flexibility index (Phi) is 5.58. The van der Waals surface area contributed by atoms with E-state index in [0.717, 1.165) is 15.8 Å². The molecule has 0 fully saturated rings. The van der Waals surface area contributed by atoms with Crippen LogP contribution in [0.4, 0.5) is 17.1 Å². The molecule has 0 bridgehead atoms. The standard InChI is InChI=1S/C34H28BrN/c1-23-21-27(18-20-33(23)35)36(26-15-13-25(14-16-26)24-9-5-4-6-10-24)28-17-19-30-29-11-7-8-12-31(29)34(2,3)32(30)22-28/h4-22H,1-3H3. The summed E-state index contributed by atoms with van der Waals surface area (Å²) in [6.45, 7) is 6.82. The van der Waals surface area contributed by atoms with Gasteiger partial charge in [-0.1, -0.05) is 103 Å². The predicted octanol–water partition coefficient (Wildman–Crippen LogP) is 10.2. The smallest absolute Gasteiger partial charge is 0.0465 e. The third-order valence-corrected chi connectivity index (χ3v) is 8.35. The third kappa shape index (κ3) is 3.77. The van der Waals surface area contributed by atoms with Gasteiger partial charge in [0.1, 0.15) is 0 Å². The molecule has 0 unspecified atom stereocenters. The van der Waals surface area contributed by atoms with Crippen molar-refractivity contribution in [3.8, 4) is 22.3 Å². The molecule has 0 saturated heterocycles. The maximum Gasteiger partial charge on any atom is 0.0465 e. The molecule has 6 rings (SSSR count). The topological polar surface area (TPSA) is 3.24 Å². The molecular formula is C34H28BrN. The lowest BCUT2D eigenvalue weighted by Crippen LogP contribution is -2.16. The molecule has 5 aromatic carbocycles. The number of benzene rings is 5. The number of halogens is 1. The number of hydrogen-bond acceptors (Lipinski definition) is 1. The molecule has 0 spiro atoms. The number of fused-ring (bicyclic) bond motifs is 3. The lowest BCUT2D eigenvalue weighted by atomic mass is 9.82. The Balaban J connectivity index is 1.49. The first-order valence-electron chi connectivity index (χ1n) is 12.4. The second-order valence-corrected chi connectivity index (χ2v) is 10.9. The summed E-state index contributed by atoms with van der Waals surface area (Å²) in [5.41, 5.74) is 12.5. The van der Waals surface area contributed by atoms with E-state index in [0.29, 0.717) is 0 Å². The molecule has 176 valence electrons. The molecule has 0 saturated carbocycles. The maximum atomic E-state index is 3.68. The highest BCUT2D eigenvalue weighted by Gasteiger charge is 2.35. The fraction of sp³-hybridized carbons (Fsp3) is 0.118. The summed E-state index contributed by atoms with van der Waals surface area (Å²) in [6.07, 6.45) is 0. The number of rotatable bonds is 4. The third-order valence-electron chi connectivity index (χ3n) is 7.46. The average molecular weight is 531 g/mol. The molecule has 0 atom stereocenters. The van der Waals surface area contributed by atoms with Crippen molar-refractivity contribution in [2.24, 2.45) is 0 Å². The van der Waals surface area contributed by atoms with Crippen LogP contribution in [0.5, 0.6) is 0 Å². The number of hydrogen-bond donors (Lipinski definition) is 0. The van der Waals surface area contributed by atoms with E-state index in [9.17, 15) is 0 Å². The molecule has 1 aliphatic carbocycles. The van der Waals surface area contributed by atoms with E-state index < -0.39 is 0 Å². The van der Waals surface area contributed by atoms with Gasteiger partial charge in [0, 0.05) is 26.9 Å². The van der Waals surface area contributed by atoms with Crippen molar-refractivity contribution in [3.05, 3.63) is 136 Å². The Morgan fingerprint density at radius 1 is 0.556 bits per heavy atom. The van der Waals surface area contributed by atoms with E-state index in [1.807, 2.05) is 0 Å². The van der Waals surface area contributed by atoms with Crippen molar-refractivity contribution >= 4 is 33.0 Å². The van der Waals surface area contributed by atoms with Gasteiger partial charge >= 0.3 is 0 Å². The minimum atomic E-state index is -0.0413. The monoisotopic (exact) mass is 529 g/mol. The highest BCUT2D eigenvalue weighted by Crippen LogP contribution is 2.50. The fourth-order valence-electron chi connectivity index (χ4n) is 5.48. The Bertz CT molecular complexity index is 1570. The van der Waals surface area contributed by atoms with E-state index in [1.165, 1.54) is 44.6 Å². The molecule has 1 aliphatic rings. The largest absolute Gasteiger partial charge is 0.310 e. The van der Waals surface area contributed by atoms with Gasteiger partial charge in [0.15, 0.2) is 0 Å². The highest BCUT2D eigenvalue weighted by molar-refractivity contribution is 9.10. The Morgan fingerprint density at radius 2 is 1.14 bits per heavy atom. The summed E-state index contributed by atoms with van der Waals surface area (Å²) < 4.78 is 1.12. The lowest BCUT2D eigenvalue weighted by molar-refractivity contribution is 0.660. The average Bonchev–Trinajstić information content (AvgIpc) is 3.14. The van der Waals surface area contributed by atoms with E-state index >= 15 is 0 Å². The van der Waals surface area contributed by atoms with Crippen molar-refractivity contribution in [2.75, 3.05) is 4.90 Å². The summed E-state index contributed by atoms with van der Waals surface area (Å²) in [5.74, 6) is 0. The van der Waals surface area contributed by atoms with Crippen molar-refractivity contribution < 1.29 is 0 Å². The fourth-order valence-corrected chi connectivity index (χ4v) is 5.73. The quantitative estimate of drug-likeness (QED) is 0.223. The number of aryl methyl sites for hydroxylation is 1. The molecule has 0 heterocycles. The number of nitrogens with zero attached hydrogens (tertiary/aromatic N) is 1. The zero-order chi connectivity index (χ0) is 24.9. The minimum absolute atomic E-state index is 0.0413. The molecule has 2 heteroatoms. The molecule has 0 N–H and O–H groups in total. The van der Waals surface area contributed by atoms with Crippen LogP contribution < -0.4 is 4.90 Å². The van der Waals surface area contributed by atoms with Gasteiger partial charge in [-0.05, 0) is 88.3 Å². The van der Waals surface area contributed by atoms with Gasteiger partial charge < -0.3 is 4.90 Å². The molecule has 36 heavy (non-hydrogen) atoms. The summed E-state index contributed by atoms with van der Waals surface area (Å²) in [6, 6.07) is 41.8. The zero-order valence-corrected chi connectivity index (χ0v) is 22.4. The molecule has 0 amide bonds. The predicted molar refractivity (Wildman–Crippen MR) is 157 cm³/mol. The first kappa shape index (κ1) is 22.8. The van der Waals surface area contributed by atoms with Gasteiger partial charge in [-0.15, -0.1) is 0 Å². The van der Waals surface area contributed by atoms with Crippen molar-refractivity contribution in [1.82, 2.24) is 0 Å². The van der Waals surface area contributed by atoms with Crippen LogP contribution in [0, 0.1) is 6.92 Å². The first-order chi connectivity index (χ1) is 17.4. The van der Waals surface area contributed by atoms with E-state index in [2.05, 4.69) is 157 Å². The van der Waals surface area contributed by atoms with Crippen molar-refractivity contribution in [2.45, 2.75) is 26.2 Å². The normalized spacial score (nSPS) is 13.2. The van der Waals surface area contributed by atoms with Crippen LogP contribution in [0.2, 0.25) is 0 Å². The molecule has 0 aliphatic heterocycles. The van der Waals surface area contributed by atoms with E-state index in [-0.39, 0.29) is 5.41 Å². The van der Waals surface area contributed by atoms with Crippen molar-refractivity contribution in [1.29, 1.82) is 0 Å². The summed E-state index contributed by atoms with van der Waals surface area (Å²) in [5, 5.41) is 0. The van der Waals surface area contributed by atoms with Crippen LogP contribution in [-0.2, 0) is 5.41 Å². The Hall–Kier alpha value is -3.62. The number of anilines is 3. The van der Waals surface area contributed by atoms with Crippen LogP contribution in [0.1, 0.15) is 30.5 Å². The van der Waals surface area contributed by atoms with Crippen molar-refractivity contribution in [3.63, 3.8) is 0 Å². The summed E-state index contributed by atoms with van der Waals surface area (Å²) in [4.78, 5) is 2.37. The van der Waals surface area contributed by atoms with Gasteiger partial charge in [0.25, 0.3) is 0 Å². The molecule has 0 radical (unpaired) electrons. The molecule has 1 nitrogen and oxygen atoms in total. The van der Waals surface area contributed by atoms with Crippen LogP contribution in [0.25, 0.3) is 22.3 Å². The Morgan fingerprint density at radius 3 is 1.89 bits per heavy atom. The summed E-state index contributed by atoms with van der Waals surface area (Å²) >= 11 is 3.68. The highest BCUT2D eigenvalue weighted by atomic mass is 79.9. The minimum Gasteiger partial charge on any atom is -0.310 e. The van der Waals surface area contributed by atoms with Gasteiger partial charge in [-0.2, -0.15) is 0 Å². The molecule has 0 aromatic heterocycles. The second kappa shape index (κ2) is 8.80. The summed E-state index contributed by atoms with van der Waals surface area (Å²) in [7, 11) is 0. The van der Waals surface area contributed by atoms with Gasteiger partial charge in [0.05, 0.1) is 0 Å². The van der Waals surface area contributed by atoms with Crippen LogP contribution >= 0.6 is 15.9 Å². The van der Waals surface area contributed by atoms with Crippen LogP contribution in [0.15, 0.2) is 120 Å². The molecular weight excluding hydrogens is 502 g/mol. The van der Waals surface area contributed by atoms with E-state index in [1.54, 1.807) is 0 Å². The maximum absolute atomic E-state index is 3.68. The van der Waals surface area contributed by atoms with E-state index in [4.69, 9.17) is 0 Å². The van der Waals surface area contributed by atoms with Gasteiger partial charge in [-0.25, -0.2) is 0 Å². The molecule has 5 aromatic rings. The SMILES string of the molecule is Cc1cc(N(c2ccc(-c3ccccc3)cc2)c2ccc3c(c2)C(C)(C)c2ccccc2-3)ccc1Br. The van der Waals surface area contributed by atoms with Gasteiger partial charge in [-0.3, -0.25) is 0 Å². The lowest BCUT2D eigenvalue weighted by Gasteiger charge is -2.28. The van der Waals surface area contributed by atoms with Crippen LogP contribution in [-0.4, -0.2) is 0 Å².